The van der Waals surface area contributed by atoms with Crippen molar-refractivity contribution in [2.45, 2.75) is 26.3 Å². The van der Waals surface area contributed by atoms with Gasteiger partial charge in [0.05, 0.1) is 6.04 Å². The number of hydrogen-bond donors (Lipinski definition) is 0. The zero-order chi connectivity index (χ0) is 13.9. The van der Waals surface area contributed by atoms with Crippen LogP contribution in [-0.4, -0.2) is 46.2 Å². The molecule has 0 aromatic carbocycles. The van der Waals surface area contributed by atoms with Crippen molar-refractivity contribution in [2.75, 3.05) is 31.1 Å². The molecule has 0 N–H and O–H groups in total. The Hall–Kier alpha value is -1.47. The lowest BCUT2D eigenvalue weighted by atomic mass is 10.2. The number of rotatable bonds is 4. The van der Waals surface area contributed by atoms with Crippen LogP contribution < -0.4 is 4.90 Å². The first-order valence-corrected chi connectivity index (χ1v) is 7.87. The summed E-state index contributed by atoms with van der Waals surface area (Å²) < 4.78 is 5.34. The first-order valence-electron chi connectivity index (χ1n) is 6.99. The molecule has 0 aliphatic carbocycles. The maximum Gasteiger partial charge on any atom is 0.243 e. The highest BCUT2D eigenvalue weighted by Gasteiger charge is 2.26. The van der Waals surface area contributed by atoms with Gasteiger partial charge in [-0.25, -0.2) is 4.98 Å². The van der Waals surface area contributed by atoms with E-state index < -0.39 is 0 Å². The van der Waals surface area contributed by atoms with Crippen LogP contribution >= 0.6 is 11.3 Å². The van der Waals surface area contributed by atoms with Crippen LogP contribution in [0.5, 0.6) is 0 Å². The summed E-state index contributed by atoms with van der Waals surface area (Å²) in [5, 5.41) is 7.11. The Labute approximate surface area is 122 Å². The fourth-order valence-corrected chi connectivity index (χ4v) is 3.11. The lowest BCUT2D eigenvalue weighted by molar-refractivity contribution is 0.164. The SMILES string of the molecule is CCc1noc(C(C)N2CCN(c3nccs3)CC2)n1. The second-order valence-corrected chi connectivity index (χ2v) is 5.79. The zero-order valence-electron chi connectivity index (χ0n) is 11.8. The summed E-state index contributed by atoms with van der Waals surface area (Å²) in [5.41, 5.74) is 0. The molecule has 1 aliphatic heterocycles. The molecule has 1 aliphatic rings. The molecule has 3 heterocycles. The number of anilines is 1. The molecule has 7 heteroatoms. The molecule has 0 saturated carbocycles. The van der Waals surface area contributed by atoms with Gasteiger partial charge in [-0.05, 0) is 6.92 Å². The third kappa shape index (κ3) is 2.69. The molecule has 0 bridgehead atoms. The average Bonchev–Trinajstić information content (AvgIpc) is 3.18. The van der Waals surface area contributed by atoms with Gasteiger partial charge in [-0.3, -0.25) is 4.90 Å². The number of aromatic nitrogens is 3. The first-order chi connectivity index (χ1) is 9.78. The summed E-state index contributed by atoms with van der Waals surface area (Å²) >= 11 is 1.70. The molecular weight excluding hydrogens is 274 g/mol. The Morgan fingerprint density at radius 2 is 2.15 bits per heavy atom. The molecule has 1 atom stereocenters. The highest BCUT2D eigenvalue weighted by Crippen LogP contribution is 2.23. The van der Waals surface area contributed by atoms with E-state index in [1.165, 1.54) is 0 Å². The monoisotopic (exact) mass is 293 g/mol. The van der Waals surface area contributed by atoms with Crippen molar-refractivity contribution < 1.29 is 4.52 Å². The molecule has 1 saturated heterocycles. The molecule has 0 radical (unpaired) electrons. The predicted molar refractivity (Wildman–Crippen MR) is 78.0 cm³/mol. The van der Waals surface area contributed by atoms with E-state index in [-0.39, 0.29) is 6.04 Å². The summed E-state index contributed by atoms with van der Waals surface area (Å²) in [6, 6.07) is 0.182. The van der Waals surface area contributed by atoms with Crippen LogP contribution in [0.3, 0.4) is 0 Å². The number of aryl methyl sites for hydroxylation is 1. The Balaban J connectivity index is 1.60. The normalized spacial score (nSPS) is 18.4. The fraction of sp³-hybridized carbons (Fsp3) is 0.615. The maximum atomic E-state index is 5.34. The summed E-state index contributed by atoms with van der Waals surface area (Å²) in [6.07, 6.45) is 2.67. The average molecular weight is 293 g/mol. The van der Waals surface area contributed by atoms with E-state index in [2.05, 4.69) is 31.8 Å². The molecule has 20 heavy (non-hydrogen) atoms. The maximum absolute atomic E-state index is 5.34. The van der Waals surface area contributed by atoms with E-state index in [0.717, 1.165) is 49.4 Å². The molecule has 1 fully saturated rings. The van der Waals surface area contributed by atoms with Gasteiger partial charge in [0.15, 0.2) is 11.0 Å². The molecule has 3 rings (SSSR count). The second-order valence-electron chi connectivity index (χ2n) is 4.92. The highest BCUT2D eigenvalue weighted by atomic mass is 32.1. The van der Waals surface area contributed by atoms with Crippen molar-refractivity contribution in [3.05, 3.63) is 23.3 Å². The predicted octanol–water partition coefficient (Wildman–Crippen LogP) is 1.97. The minimum absolute atomic E-state index is 0.182. The Kier molecular flexibility index (Phi) is 3.98. The van der Waals surface area contributed by atoms with Gasteiger partial charge in [-0.2, -0.15) is 4.98 Å². The van der Waals surface area contributed by atoms with Gasteiger partial charge in [0.25, 0.3) is 0 Å². The largest absolute Gasteiger partial charge is 0.346 e. The van der Waals surface area contributed by atoms with E-state index in [1.54, 1.807) is 11.3 Å². The molecule has 6 nitrogen and oxygen atoms in total. The van der Waals surface area contributed by atoms with Crippen molar-refractivity contribution in [1.29, 1.82) is 0 Å². The van der Waals surface area contributed by atoms with Gasteiger partial charge >= 0.3 is 0 Å². The minimum atomic E-state index is 0.182. The third-order valence-electron chi connectivity index (χ3n) is 3.71. The van der Waals surface area contributed by atoms with E-state index >= 15 is 0 Å². The van der Waals surface area contributed by atoms with Gasteiger partial charge in [0.1, 0.15) is 0 Å². The van der Waals surface area contributed by atoms with E-state index in [4.69, 9.17) is 4.52 Å². The molecule has 2 aromatic rings. The van der Waals surface area contributed by atoms with Crippen molar-refractivity contribution in [3.8, 4) is 0 Å². The van der Waals surface area contributed by atoms with Gasteiger partial charge in [0.2, 0.25) is 5.89 Å². The van der Waals surface area contributed by atoms with Crippen LogP contribution in [-0.2, 0) is 6.42 Å². The van der Waals surface area contributed by atoms with Crippen LogP contribution in [0.1, 0.15) is 31.6 Å². The van der Waals surface area contributed by atoms with Gasteiger partial charge in [0, 0.05) is 44.2 Å². The number of hydrogen-bond acceptors (Lipinski definition) is 7. The number of nitrogens with zero attached hydrogens (tertiary/aromatic N) is 5. The summed E-state index contributed by atoms with van der Waals surface area (Å²) in [7, 11) is 0. The second kappa shape index (κ2) is 5.88. The van der Waals surface area contributed by atoms with Crippen molar-refractivity contribution in [1.82, 2.24) is 20.0 Å². The van der Waals surface area contributed by atoms with Crippen LogP contribution in [0.15, 0.2) is 16.1 Å². The smallest absolute Gasteiger partial charge is 0.243 e. The van der Waals surface area contributed by atoms with E-state index in [9.17, 15) is 0 Å². The van der Waals surface area contributed by atoms with Gasteiger partial charge in [-0.15, -0.1) is 11.3 Å². The van der Waals surface area contributed by atoms with Crippen molar-refractivity contribution in [2.24, 2.45) is 0 Å². The van der Waals surface area contributed by atoms with Gasteiger partial charge < -0.3 is 9.42 Å². The van der Waals surface area contributed by atoms with Crippen molar-refractivity contribution in [3.63, 3.8) is 0 Å². The topological polar surface area (TPSA) is 58.3 Å². The van der Waals surface area contributed by atoms with Crippen LogP contribution in [0, 0.1) is 0 Å². The standard InChI is InChI=1S/C13H19N5OS/c1-3-11-15-12(19-16-11)10(2)17-5-7-18(8-6-17)13-14-4-9-20-13/h4,9-10H,3,5-8H2,1-2H3. The van der Waals surface area contributed by atoms with Crippen molar-refractivity contribution >= 4 is 16.5 Å². The molecule has 108 valence electrons. The zero-order valence-corrected chi connectivity index (χ0v) is 12.6. The third-order valence-corrected chi connectivity index (χ3v) is 4.54. The number of piperazine rings is 1. The minimum Gasteiger partial charge on any atom is -0.346 e. The first kappa shape index (κ1) is 13.5. The molecule has 0 spiro atoms. The molecule has 0 amide bonds. The molecule has 1 unspecified atom stereocenters. The Morgan fingerprint density at radius 3 is 2.75 bits per heavy atom. The Morgan fingerprint density at radius 1 is 1.35 bits per heavy atom. The van der Waals surface area contributed by atoms with Crippen LogP contribution in [0.4, 0.5) is 5.13 Å². The van der Waals surface area contributed by atoms with E-state index in [1.807, 2.05) is 18.5 Å². The number of thiazole rings is 1. The Bertz CT molecular complexity index is 533. The summed E-state index contributed by atoms with van der Waals surface area (Å²) in [6.45, 7) is 8.13. The highest BCUT2D eigenvalue weighted by molar-refractivity contribution is 7.13. The van der Waals surface area contributed by atoms with Crippen LogP contribution in [0.25, 0.3) is 0 Å². The van der Waals surface area contributed by atoms with Gasteiger partial charge in [-0.1, -0.05) is 12.1 Å². The quantitative estimate of drug-likeness (QED) is 0.859. The lowest BCUT2D eigenvalue weighted by Gasteiger charge is -2.36. The fourth-order valence-electron chi connectivity index (χ4n) is 2.41. The van der Waals surface area contributed by atoms with E-state index in [0.29, 0.717) is 0 Å². The molecule has 2 aromatic heterocycles. The summed E-state index contributed by atoms with van der Waals surface area (Å²) in [5.74, 6) is 1.51. The molecular formula is C13H19N5OS. The lowest BCUT2D eigenvalue weighted by Crippen LogP contribution is -2.47. The summed E-state index contributed by atoms with van der Waals surface area (Å²) in [4.78, 5) is 13.5. The van der Waals surface area contributed by atoms with Crippen LogP contribution in [0.2, 0.25) is 0 Å².